The summed E-state index contributed by atoms with van der Waals surface area (Å²) in [5, 5.41) is 17.3. The van der Waals surface area contributed by atoms with Crippen molar-refractivity contribution >= 4 is 30.0 Å². The molecule has 1 rings (SSSR count). The predicted octanol–water partition coefficient (Wildman–Crippen LogP) is -1.36. The molecule has 0 saturated heterocycles. The quantitative estimate of drug-likeness (QED) is 0.263. The summed E-state index contributed by atoms with van der Waals surface area (Å²) in [6.45, 7) is 0. The van der Waals surface area contributed by atoms with E-state index in [2.05, 4.69) is 15.2 Å². The van der Waals surface area contributed by atoms with Crippen LogP contribution in [0.3, 0.4) is 0 Å². The Kier molecular flexibility index (Phi) is 4.87. The number of imidazole rings is 1. The zero-order valence-corrected chi connectivity index (χ0v) is 9.59. The van der Waals surface area contributed by atoms with E-state index >= 15 is 0 Å². The largest absolute Gasteiger partial charge is 0.377 e. The van der Waals surface area contributed by atoms with Crippen molar-refractivity contribution in [3.63, 3.8) is 0 Å². The third-order valence-electron chi connectivity index (χ3n) is 1.65. The molecule has 0 radical (unpaired) electrons. The van der Waals surface area contributed by atoms with Crippen LogP contribution in [-0.2, 0) is 7.05 Å². The van der Waals surface area contributed by atoms with E-state index < -0.39 is 4.92 Å². The number of halogens is 1. The fraction of sp³-hybridized carbons (Fsp3) is 0.167. The van der Waals surface area contributed by atoms with E-state index in [4.69, 9.17) is 17.2 Å². The van der Waals surface area contributed by atoms with Crippen molar-refractivity contribution in [2.45, 2.75) is 0 Å². The average molecular weight is 263 g/mol. The molecule has 17 heavy (non-hydrogen) atoms. The van der Waals surface area contributed by atoms with Crippen LogP contribution in [0.25, 0.3) is 0 Å². The lowest BCUT2D eigenvalue weighted by atomic mass is 10.5. The van der Waals surface area contributed by atoms with Gasteiger partial charge in [-0.3, -0.25) is 0 Å². The number of hydrogen-bond donors (Lipinski definition) is 3. The first-order valence-electron chi connectivity index (χ1n) is 4.02. The monoisotopic (exact) mass is 262 g/mol. The molecule has 0 aliphatic rings. The van der Waals surface area contributed by atoms with Crippen LogP contribution >= 0.6 is 12.4 Å². The topological polar surface area (TPSA) is 164 Å². The number of guanidine groups is 1. The van der Waals surface area contributed by atoms with Crippen LogP contribution in [0, 0.1) is 10.1 Å². The van der Waals surface area contributed by atoms with Gasteiger partial charge in [-0.2, -0.15) is 0 Å². The van der Waals surface area contributed by atoms with Crippen molar-refractivity contribution < 1.29 is 4.92 Å². The third kappa shape index (κ3) is 3.31. The second-order valence-electron chi connectivity index (χ2n) is 2.77. The normalized spacial score (nSPS) is 10.5. The van der Waals surface area contributed by atoms with Crippen molar-refractivity contribution in [1.82, 2.24) is 9.55 Å². The molecule has 0 bridgehead atoms. The molecule has 11 heteroatoms. The van der Waals surface area contributed by atoms with E-state index in [1.54, 1.807) is 0 Å². The van der Waals surface area contributed by atoms with Gasteiger partial charge in [-0.25, -0.2) is 9.55 Å². The number of nitrogens with two attached hydrogens (primary N) is 3. The Morgan fingerprint density at radius 3 is 2.47 bits per heavy atom. The molecule has 0 atom stereocenters. The number of nitro groups is 1. The van der Waals surface area contributed by atoms with Crippen LogP contribution < -0.4 is 17.2 Å². The number of hydrogen-bond acceptors (Lipinski definition) is 5. The first-order chi connectivity index (χ1) is 7.43. The van der Waals surface area contributed by atoms with Gasteiger partial charge in [0.2, 0.25) is 11.8 Å². The number of aromatic nitrogens is 2. The van der Waals surface area contributed by atoms with Gasteiger partial charge in [0.05, 0.1) is 7.05 Å². The molecule has 0 saturated carbocycles. The predicted molar refractivity (Wildman–Crippen MR) is 63.6 cm³/mol. The highest BCUT2D eigenvalue weighted by Gasteiger charge is 2.19. The Morgan fingerprint density at radius 2 is 2.06 bits per heavy atom. The maximum atomic E-state index is 10.5. The molecule has 0 amide bonds. The van der Waals surface area contributed by atoms with E-state index in [-0.39, 0.29) is 35.8 Å². The van der Waals surface area contributed by atoms with Gasteiger partial charge in [-0.05, 0) is 4.92 Å². The number of nitrogens with zero attached hydrogens (tertiary/aromatic N) is 5. The highest BCUT2D eigenvalue weighted by molar-refractivity contribution is 5.95. The smallest absolute Gasteiger partial charge is 0.343 e. The molecule has 6 N–H and O–H groups in total. The molecular formula is C6H11ClN8O2. The van der Waals surface area contributed by atoms with E-state index in [0.717, 1.165) is 6.20 Å². The molecule has 1 heterocycles. The molecule has 0 aliphatic heterocycles. The lowest BCUT2D eigenvalue weighted by Crippen LogP contribution is -2.23. The first-order valence-corrected chi connectivity index (χ1v) is 4.02. The van der Waals surface area contributed by atoms with Gasteiger partial charge in [0.25, 0.3) is 5.82 Å². The summed E-state index contributed by atoms with van der Waals surface area (Å²) in [6.07, 6.45) is 1.06. The fourth-order valence-corrected chi connectivity index (χ4v) is 0.964. The summed E-state index contributed by atoms with van der Waals surface area (Å²) in [4.78, 5) is 13.7. The van der Waals surface area contributed by atoms with Crippen molar-refractivity contribution in [3.05, 3.63) is 22.1 Å². The van der Waals surface area contributed by atoms with Crippen LogP contribution in [0.4, 0.5) is 5.82 Å². The first kappa shape index (κ1) is 14.6. The minimum Gasteiger partial charge on any atom is -0.377 e. The Hall–Kier alpha value is -2.36. The van der Waals surface area contributed by atoms with Crippen LogP contribution in [0.1, 0.15) is 5.82 Å². The highest BCUT2D eigenvalue weighted by Crippen LogP contribution is 2.11. The number of rotatable bonds is 3. The van der Waals surface area contributed by atoms with Crippen LogP contribution in [-0.4, -0.2) is 26.3 Å². The van der Waals surface area contributed by atoms with Gasteiger partial charge in [0.1, 0.15) is 6.20 Å². The van der Waals surface area contributed by atoms with Crippen molar-refractivity contribution in [2.24, 2.45) is 34.5 Å². The maximum Gasteiger partial charge on any atom is 0.343 e. The van der Waals surface area contributed by atoms with Gasteiger partial charge in [0.15, 0.2) is 0 Å². The molecule has 0 aliphatic carbocycles. The van der Waals surface area contributed by atoms with E-state index in [1.807, 2.05) is 0 Å². The van der Waals surface area contributed by atoms with E-state index in [9.17, 15) is 10.1 Å². The third-order valence-corrected chi connectivity index (χ3v) is 1.65. The van der Waals surface area contributed by atoms with Crippen molar-refractivity contribution in [3.8, 4) is 0 Å². The molecule has 94 valence electrons. The van der Waals surface area contributed by atoms with Crippen LogP contribution in [0.2, 0.25) is 0 Å². The Bertz CT molecular complexity index is 474. The highest BCUT2D eigenvalue weighted by atomic mass is 35.5. The summed E-state index contributed by atoms with van der Waals surface area (Å²) in [5.74, 6) is -0.495. The summed E-state index contributed by atoms with van der Waals surface area (Å²) in [5.41, 5.74) is 15.6. The minimum atomic E-state index is -0.593. The summed E-state index contributed by atoms with van der Waals surface area (Å²) >= 11 is 0. The molecule has 0 fully saturated rings. The second-order valence-corrected chi connectivity index (χ2v) is 2.77. The molecule has 1 aromatic heterocycles. The van der Waals surface area contributed by atoms with Crippen LogP contribution in [0.15, 0.2) is 16.4 Å². The Morgan fingerprint density at radius 1 is 1.47 bits per heavy atom. The summed E-state index contributed by atoms with van der Waals surface area (Å²) < 4.78 is 1.17. The molecule has 10 nitrogen and oxygen atoms in total. The van der Waals surface area contributed by atoms with E-state index in [1.165, 1.54) is 11.6 Å². The van der Waals surface area contributed by atoms with Crippen LogP contribution in [0.5, 0.6) is 0 Å². The fourth-order valence-electron chi connectivity index (χ4n) is 0.964. The lowest BCUT2D eigenvalue weighted by Gasteiger charge is -1.96. The standard InChI is InChI=1S/C6H10N8O2.ClH/c1-13-3(14(15)16)2-10-5(13)4(7)11-12-6(8)9;/h2H,1H3,(H2,7,11)(H4,8,9,12);1H. The lowest BCUT2D eigenvalue weighted by molar-refractivity contribution is -0.391. The molecule has 1 aromatic rings. The Balaban J connectivity index is 0.00000256. The second kappa shape index (κ2) is 5.65. The minimum absolute atomic E-state index is 0. The maximum absolute atomic E-state index is 10.5. The number of amidine groups is 1. The Labute approximate surface area is 102 Å². The molecule has 0 spiro atoms. The van der Waals surface area contributed by atoms with E-state index in [0.29, 0.717) is 0 Å². The average Bonchev–Trinajstić information content (AvgIpc) is 2.56. The SMILES string of the molecule is Cl.Cn1c([N+](=O)[O-])cnc1/C(N)=N\N=C(N)N. The zero-order chi connectivity index (χ0) is 12.3. The zero-order valence-electron chi connectivity index (χ0n) is 8.77. The van der Waals surface area contributed by atoms with Crippen molar-refractivity contribution in [1.29, 1.82) is 0 Å². The summed E-state index contributed by atoms with van der Waals surface area (Å²) in [6, 6.07) is 0. The van der Waals surface area contributed by atoms with Gasteiger partial charge < -0.3 is 27.3 Å². The van der Waals surface area contributed by atoms with Gasteiger partial charge in [0, 0.05) is 0 Å². The van der Waals surface area contributed by atoms with Gasteiger partial charge >= 0.3 is 5.82 Å². The molecular weight excluding hydrogens is 252 g/mol. The summed E-state index contributed by atoms with van der Waals surface area (Å²) in [7, 11) is 1.43. The van der Waals surface area contributed by atoms with Crippen molar-refractivity contribution in [2.75, 3.05) is 0 Å². The van der Waals surface area contributed by atoms with Gasteiger partial charge in [-0.15, -0.1) is 22.6 Å². The molecule has 0 aromatic carbocycles. The molecule has 0 unspecified atom stereocenters. The van der Waals surface area contributed by atoms with Gasteiger partial charge in [-0.1, -0.05) is 0 Å².